The van der Waals surface area contributed by atoms with Gasteiger partial charge in [-0.05, 0) is 32.4 Å². The Bertz CT molecular complexity index is 753. The zero-order valence-electron chi connectivity index (χ0n) is 14.3. The molecule has 2 N–H and O–H groups in total. The van der Waals surface area contributed by atoms with E-state index in [0.717, 1.165) is 28.2 Å². The molecule has 128 valence electrons. The predicted molar refractivity (Wildman–Crippen MR) is 88.1 cm³/mol. The number of carbonyl (C=O) groups excluding carboxylic acids is 1. The van der Waals surface area contributed by atoms with Crippen LogP contribution >= 0.6 is 0 Å². The van der Waals surface area contributed by atoms with Crippen LogP contribution in [-0.2, 0) is 14.3 Å². The molecule has 2 unspecified atom stereocenters. The first-order valence-corrected chi connectivity index (χ1v) is 7.89. The van der Waals surface area contributed by atoms with Gasteiger partial charge in [0.05, 0.1) is 25.5 Å². The Hall–Kier alpha value is -2.57. The zero-order chi connectivity index (χ0) is 17.4. The van der Waals surface area contributed by atoms with Gasteiger partial charge < -0.3 is 19.7 Å². The maximum absolute atomic E-state index is 12.2. The monoisotopic (exact) mass is 331 g/mol. The number of allylic oxidation sites excluding steroid dienone is 1. The van der Waals surface area contributed by atoms with E-state index in [1.807, 2.05) is 19.9 Å². The van der Waals surface area contributed by atoms with Gasteiger partial charge in [0.25, 0.3) is 0 Å². The standard InChI is InChI=1S/C17H21N3O4/c1-5-23-17(21)15-10-7-13(22-4)11(6-12(10)19-16(15)18)14-8(2)20-24-9(14)3/h7,12,15H,5-6H2,1-4H3,(H2,18,19). The van der Waals surface area contributed by atoms with Gasteiger partial charge in [-0.3, -0.25) is 9.79 Å². The molecular formula is C17H21N3O4. The molecule has 0 saturated heterocycles. The van der Waals surface area contributed by atoms with Crippen molar-refractivity contribution in [3.8, 4) is 0 Å². The number of aryl methyl sites for hydroxylation is 2. The van der Waals surface area contributed by atoms with Crippen LogP contribution < -0.4 is 5.73 Å². The Morgan fingerprint density at radius 1 is 1.46 bits per heavy atom. The summed E-state index contributed by atoms with van der Waals surface area (Å²) in [6.07, 6.45) is 2.43. The summed E-state index contributed by atoms with van der Waals surface area (Å²) in [5.41, 5.74) is 9.50. The third-order valence-electron chi connectivity index (χ3n) is 4.39. The highest BCUT2D eigenvalue weighted by atomic mass is 16.5. The molecule has 1 aromatic rings. The lowest BCUT2D eigenvalue weighted by Gasteiger charge is -2.23. The molecule has 0 bridgehead atoms. The number of hydrogen-bond acceptors (Lipinski definition) is 7. The SMILES string of the molecule is CCOC(=O)C1C2=CC(OC)=C(c3c(C)noc3C)CC2N=C1N. The lowest BCUT2D eigenvalue weighted by molar-refractivity contribution is -0.144. The van der Waals surface area contributed by atoms with Crippen LogP contribution in [0.5, 0.6) is 0 Å². The fraction of sp³-hybridized carbons (Fsp3) is 0.471. The van der Waals surface area contributed by atoms with Crippen LogP contribution in [0.1, 0.15) is 30.4 Å². The first-order chi connectivity index (χ1) is 11.5. The summed E-state index contributed by atoms with van der Waals surface area (Å²) in [5, 5.41) is 4.01. The molecule has 2 heterocycles. The minimum atomic E-state index is -0.633. The fourth-order valence-corrected chi connectivity index (χ4v) is 3.37. The molecule has 1 aliphatic carbocycles. The van der Waals surface area contributed by atoms with Crippen molar-refractivity contribution in [2.45, 2.75) is 33.2 Å². The van der Waals surface area contributed by atoms with Crippen molar-refractivity contribution < 1.29 is 18.8 Å². The number of aromatic nitrogens is 1. The van der Waals surface area contributed by atoms with Crippen LogP contribution in [0, 0.1) is 19.8 Å². The third kappa shape index (κ3) is 2.50. The highest BCUT2D eigenvalue weighted by Crippen LogP contribution is 2.41. The summed E-state index contributed by atoms with van der Waals surface area (Å²) in [4.78, 5) is 16.7. The van der Waals surface area contributed by atoms with Gasteiger partial charge in [-0.1, -0.05) is 5.16 Å². The molecule has 0 radical (unpaired) electrons. The Labute approximate surface area is 140 Å². The molecule has 3 rings (SSSR count). The summed E-state index contributed by atoms with van der Waals surface area (Å²) in [6, 6.07) is -0.193. The van der Waals surface area contributed by atoms with Gasteiger partial charge in [-0.15, -0.1) is 0 Å². The Balaban J connectivity index is 2.05. The summed E-state index contributed by atoms with van der Waals surface area (Å²) in [7, 11) is 1.60. The molecule has 0 saturated carbocycles. The fourth-order valence-electron chi connectivity index (χ4n) is 3.37. The van der Waals surface area contributed by atoms with Crippen molar-refractivity contribution in [1.29, 1.82) is 0 Å². The van der Waals surface area contributed by atoms with E-state index in [-0.39, 0.29) is 12.0 Å². The molecule has 1 aliphatic heterocycles. The maximum Gasteiger partial charge on any atom is 0.320 e. The molecule has 7 heteroatoms. The number of hydrogen-bond donors (Lipinski definition) is 1. The zero-order valence-corrected chi connectivity index (χ0v) is 14.3. The normalized spacial score (nSPS) is 22.8. The van der Waals surface area contributed by atoms with Crippen LogP contribution in [0.4, 0.5) is 0 Å². The first-order valence-electron chi connectivity index (χ1n) is 7.89. The topological polar surface area (TPSA) is 99.9 Å². The van der Waals surface area contributed by atoms with Crippen LogP contribution in [0.15, 0.2) is 26.9 Å². The quantitative estimate of drug-likeness (QED) is 0.846. The number of aliphatic imine (C=N–C) groups is 1. The van der Waals surface area contributed by atoms with Crippen LogP contribution in [0.2, 0.25) is 0 Å². The summed E-state index contributed by atoms with van der Waals surface area (Å²) in [5.74, 6) is 0.691. The van der Waals surface area contributed by atoms with E-state index in [1.54, 1.807) is 14.0 Å². The van der Waals surface area contributed by atoms with E-state index in [4.69, 9.17) is 19.7 Å². The Kier molecular flexibility index (Phi) is 4.17. The van der Waals surface area contributed by atoms with Crippen molar-refractivity contribution >= 4 is 17.4 Å². The van der Waals surface area contributed by atoms with Crippen LogP contribution in [-0.4, -0.2) is 36.7 Å². The van der Waals surface area contributed by atoms with Crippen molar-refractivity contribution in [2.24, 2.45) is 16.6 Å². The van der Waals surface area contributed by atoms with Crippen LogP contribution in [0.3, 0.4) is 0 Å². The number of nitrogens with two attached hydrogens (primary N) is 1. The molecule has 2 aliphatic rings. The molecule has 24 heavy (non-hydrogen) atoms. The molecule has 0 spiro atoms. The second-order valence-electron chi connectivity index (χ2n) is 5.85. The summed E-state index contributed by atoms with van der Waals surface area (Å²) >= 11 is 0. The number of fused-ring (bicyclic) bond motifs is 1. The summed E-state index contributed by atoms with van der Waals surface area (Å²) in [6.45, 7) is 5.82. The van der Waals surface area contributed by atoms with Gasteiger partial charge in [-0.2, -0.15) is 0 Å². The van der Waals surface area contributed by atoms with Gasteiger partial charge in [0.15, 0.2) is 0 Å². The van der Waals surface area contributed by atoms with Gasteiger partial charge in [0.1, 0.15) is 23.3 Å². The number of ether oxygens (including phenoxy) is 2. The number of esters is 1. The first kappa shape index (κ1) is 16.3. The van der Waals surface area contributed by atoms with E-state index in [1.165, 1.54) is 0 Å². The Morgan fingerprint density at radius 3 is 2.79 bits per heavy atom. The van der Waals surface area contributed by atoms with E-state index < -0.39 is 5.92 Å². The van der Waals surface area contributed by atoms with Crippen molar-refractivity contribution in [1.82, 2.24) is 5.16 Å². The van der Waals surface area contributed by atoms with E-state index >= 15 is 0 Å². The number of methoxy groups -OCH3 is 1. The second-order valence-corrected chi connectivity index (χ2v) is 5.85. The molecule has 0 aromatic carbocycles. The predicted octanol–water partition coefficient (Wildman–Crippen LogP) is 1.90. The van der Waals surface area contributed by atoms with Gasteiger partial charge >= 0.3 is 5.97 Å². The number of carbonyl (C=O) groups is 1. The lowest BCUT2D eigenvalue weighted by atomic mass is 9.84. The smallest absolute Gasteiger partial charge is 0.320 e. The highest BCUT2D eigenvalue weighted by Gasteiger charge is 2.41. The number of amidine groups is 1. The molecule has 2 atom stereocenters. The molecule has 1 aromatic heterocycles. The van der Waals surface area contributed by atoms with Gasteiger partial charge in [0.2, 0.25) is 0 Å². The largest absolute Gasteiger partial charge is 0.496 e. The second kappa shape index (κ2) is 6.14. The molecule has 0 fully saturated rings. The minimum Gasteiger partial charge on any atom is -0.496 e. The third-order valence-corrected chi connectivity index (χ3v) is 4.39. The van der Waals surface area contributed by atoms with Crippen molar-refractivity contribution in [3.63, 3.8) is 0 Å². The van der Waals surface area contributed by atoms with Crippen molar-refractivity contribution in [3.05, 3.63) is 34.4 Å². The average molecular weight is 331 g/mol. The highest BCUT2D eigenvalue weighted by molar-refractivity contribution is 6.06. The van der Waals surface area contributed by atoms with Gasteiger partial charge in [0, 0.05) is 17.6 Å². The van der Waals surface area contributed by atoms with E-state index in [2.05, 4.69) is 10.1 Å². The number of nitrogens with zero attached hydrogens (tertiary/aromatic N) is 2. The lowest BCUT2D eigenvalue weighted by Crippen LogP contribution is -2.31. The average Bonchev–Trinajstić information content (AvgIpc) is 3.04. The Morgan fingerprint density at radius 2 is 2.21 bits per heavy atom. The number of rotatable bonds is 4. The maximum atomic E-state index is 12.2. The molecule has 0 amide bonds. The van der Waals surface area contributed by atoms with Crippen LogP contribution in [0.25, 0.3) is 5.57 Å². The van der Waals surface area contributed by atoms with Crippen molar-refractivity contribution in [2.75, 3.05) is 13.7 Å². The van der Waals surface area contributed by atoms with E-state index in [0.29, 0.717) is 24.6 Å². The van der Waals surface area contributed by atoms with Gasteiger partial charge in [-0.25, -0.2) is 0 Å². The van der Waals surface area contributed by atoms with E-state index in [9.17, 15) is 4.79 Å². The minimum absolute atomic E-state index is 0.193. The molecule has 7 nitrogen and oxygen atoms in total. The summed E-state index contributed by atoms with van der Waals surface area (Å²) < 4.78 is 16.0. The molecular weight excluding hydrogens is 310 g/mol.